The number of aliphatic hydroxyl groups excluding tert-OH is 2. The van der Waals surface area contributed by atoms with E-state index in [4.69, 9.17) is 63.8 Å². The number of aliphatic carboxylic acids is 2. The first-order valence-corrected chi connectivity index (χ1v) is 35.3. The fourth-order valence-corrected chi connectivity index (χ4v) is 8.55. The summed E-state index contributed by atoms with van der Waals surface area (Å²) in [6.07, 6.45) is 18.8. The predicted molar refractivity (Wildman–Crippen MR) is 417 cm³/mol. The lowest BCUT2D eigenvalue weighted by molar-refractivity contribution is -0.150. The highest BCUT2D eigenvalue weighted by atomic mass is 35.5. The number of rotatable bonds is 25. The zero-order valence-corrected chi connectivity index (χ0v) is 63.6. The summed E-state index contributed by atoms with van der Waals surface area (Å²) in [7, 11) is 1.00. The van der Waals surface area contributed by atoms with Crippen LogP contribution >= 0.6 is 11.6 Å². The highest BCUT2D eigenvalue weighted by Crippen LogP contribution is 2.15. The van der Waals surface area contributed by atoms with Crippen molar-refractivity contribution in [1.29, 1.82) is 0 Å². The van der Waals surface area contributed by atoms with Crippen molar-refractivity contribution in [3.05, 3.63) is 251 Å². The number of carbonyl (C=O) groups is 6. The number of nitrogens with zero attached hydrogens (tertiary/aromatic N) is 8. The van der Waals surface area contributed by atoms with Gasteiger partial charge in [-0.3, -0.25) is 24.0 Å². The van der Waals surface area contributed by atoms with Crippen LogP contribution in [0.25, 0.3) is 0 Å². The Bertz CT molecular complexity index is 3720. The molecule has 1 saturated heterocycles. The number of aliphatic hydroxyl groups is 2. The van der Waals surface area contributed by atoms with Crippen LogP contribution in [-0.4, -0.2) is 121 Å². The Balaban J connectivity index is 0.00000128. The molecule has 582 valence electrons. The molecule has 0 aliphatic carbocycles. The first-order chi connectivity index (χ1) is 51.7. The van der Waals surface area contributed by atoms with Gasteiger partial charge in [0.1, 0.15) is 26.4 Å². The number of halogens is 1. The lowest BCUT2D eigenvalue weighted by Crippen LogP contribution is -2.17. The van der Waals surface area contributed by atoms with Gasteiger partial charge in [0, 0.05) is 76.2 Å². The van der Waals surface area contributed by atoms with E-state index in [0.29, 0.717) is 70.7 Å². The van der Waals surface area contributed by atoms with Crippen LogP contribution < -0.4 is 0 Å². The highest BCUT2D eigenvalue weighted by Gasteiger charge is 2.20. The van der Waals surface area contributed by atoms with Gasteiger partial charge in [0.25, 0.3) is 0 Å². The maximum Gasteiger partial charge on any atom is 0.404 e. The Labute approximate surface area is 641 Å². The fourth-order valence-electron chi connectivity index (χ4n) is 8.49. The number of hydrogen-bond acceptors (Lipinski definition) is 19. The summed E-state index contributed by atoms with van der Waals surface area (Å²) in [6.45, 7) is 19.9. The lowest BCUT2D eigenvalue weighted by atomic mass is 10.1. The quantitative estimate of drug-likeness (QED) is 0.0154. The number of carboxylic acid groups (broad SMARTS) is 2. The molecule has 0 radical (unpaired) electrons. The number of benzene rings is 6. The minimum Gasteiger partial charge on any atom is -0.481 e. The number of hydrogen-bond donors (Lipinski definition) is 5. The summed E-state index contributed by atoms with van der Waals surface area (Å²) >= 11 is 4.97. The molecule has 0 bridgehead atoms. The first kappa shape index (κ1) is 96.8. The van der Waals surface area contributed by atoms with Crippen molar-refractivity contribution >= 4 is 46.9 Å². The van der Waals surface area contributed by atoms with Gasteiger partial charge >= 0.3 is 35.3 Å². The molecule has 0 spiro atoms. The summed E-state index contributed by atoms with van der Waals surface area (Å²) in [6, 6.07) is 58.4. The SMILES string of the molecule is C.C#CCC(C)C(=O)O.C#CCC(C)C(=O)OCc1ccccc1.CC.CC.CO.C[C@@H](Cc1cn(Cc2ccccc2)nn1)C(=O)OCc1ccccc1.C[C@@H](Cc1cn(Cc2ccccc2)nn1)C(=O)OCc1ccccc1.C[C@@H](Cc1cn[nH]n1)C(=O)O.O=C(Cl)OCc1ccccc1.OC1CCCO1. The maximum absolute atomic E-state index is 12.1. The van der Waals surface area contributed by atoms with Crippen molar-refractivity contribution in [1.82, 2.24) is 45.4 Å². The van der Waals surface area contributed by atoms with Gasteiger partial charge in [0.2, 0.25) is 0 Å². The van der Waals surface area contributed by atoms with Gasteiger partial charge < -0.3 is 44.1 Å². The molecular formula is C83H108ClN9O15. The number of carboxylic acids is 2. The highest BCUT2D eigenvalue weighted by molar-refractivity contribution is 6.61. The normalized spacial score (nSPS) is 12.3. The molecule has 3 aromatic heterocycles. The molecule has 6 atom stereocenters. The Morgan fingerprint density at radius 1 is 0.500 bits per heavy atom. The third kappa shape index (κ3) is 45.9. The second-order valence-electron chi connectivity index (χ2n) is 23.1. The van der Waals surface area contributed by atoms with Crippen molar-refractivity contribution in [2.75, 3.05) is 13.7 Å². The third-order valence-electron chi connectivity index (χ3n) is 14.2. The minimum absolute atomic E-state index is 0. The van der Waals surface area contributed by atoms with E-state index in [9.17, 15) is 28.8 Å². The number of H-pyrrole nitrogens is 1. The van der Waals surface area contributed by atoms with E-state index in [0.717, 1.165) is 71.3 Å². The van der Waals surface area contributed by atoms with Crippen LogP contribution in [0.2, 0.25) is 0 Å². The van der Waals surface area contributed by atoms with E-state index in [1.165, 1.54) is 6.20 Å². The maximum atomic E-state index is 12.1. The molecule has 0 amide bonds. The number of ether oxygens (including phenoxy) is 5. The van der Waals surface area contributed by atoms with Crippen molar-refractivity contribution in [3.63, 3.8) is 0 Å². The van der Waals surface area contributed by atoms with E-state index in [2.05, 4.69) is 52.6 Å². The molecule has 4 heterocycles. The van der Waals surface area contributed by atoms with E-state index in [-0.39, 0.29) is 49.7 Å². The summed E-state index contributed by atoms with van der Waals surface area (Å²) in [5, 5.41) is 58.6. The number of aromatic amines is 1. The molecule has 0 saturated carbocycles. The van der Waals surface area contributed by atoms with Gasteiger partial charge in [0.15, 0.2) is 6.29 Å². The molecule has 1 aliphatic heterocycles. The molecule has 3 unspecified atom stereocenters. The first-order valence-electron chi connectivity index (χ1n) is 35.0. The van der Waals surface area contributed by atoms with Crippen LogP contribution in [-0.2, 0) is 106 Å². The van der Waals surface area contributed by atoms with E-state index in [1.54, 1.807) is 30.1 Å². The van der Waals surface area contributed by atoms with Gasteiger partial charge in [-0.2, -0.15) is 15.4 Å². The van der Waals surface area contributed by atoms with Gasteiger partial charge in [-0.1, -0.05) is 262 Å². The van der Waals surface area contributed by atoms with Crippen LogP contribution in [0.15, 0.2) is 201 Å². The standard InChI is InChI=1S/2C20H21N3O2.C13H14O2.C8H7ClO2.C6H9N3O2.C6H8O2.C4H8O2.2C2H6.CH4O.CH4/c2*1-16(20(24)25-15-18-10-6-3-7-11-18)12-19-14-23(22-21-19)13-17-8-4-2-5-9-17;1-3-7-11(2)13(14)15-10-12-8-5-4-6-9-12;9-8(10)11-6-7-4-2-1-3-5-7;1-4(6(10)11)2-5-3-7-9-8-5;1-3-4-5(2)6(7)8;5-4-2-1-3-6-4;3*1-2;/h2*2-11,14,16H,12-13,15H2,1H3;1,4-6,8-9,11H,7,10H2,2H3;1-5H,6H2;3-4H,2H2,1H3,(H,10,11)(H,7,8,9);1,5H,4H2,2H3,(H,7,8);4-5H,1-3H2;2*1-2H3;2H,1H3;1H4/t2*16-;;;4-;;;;;;/m00..0....../s1. The molecule has 24 nitrogen and oxygen atoms in total. The summed E-state index contributed by atoms with van der Waals surface area (Å²) < 4.78 is 28.7. The number of nitrogens with one attached hydrogen (secondary N) is 1. The van der Waals surface area contributed by atoms with Crippen LogP contribution in [0.3, 0.4) is 0 Å². The van der Waals surface area contributed by atoms with Gasteiger partial charge in [-0.05, 0) is 39.8 Å². The average molecular weight is 1510 g/mol. The molecule has 9 aromatic rings. The molecule has 5 N–H and O–H groups in total. The summed E-state index contributed by atoms with van der Waals surface area (Å²) in [5.74, 6) is 0.844. The molecular weight excluding hydrogens is 1400 g/mol. The van der Waals surface area contributed by atoms with Crippen LogP contribution in [0.4, 0.5) is 4.79 Å². The zero-order chi connectivity index (χ0) is 79.4. The molecule has 6 aromatic carbocycles. The third-order valence-corrected chi connectivity index (χ3v) is 14.3. The smallest absolute Gasteiger partial charge is 0.404 e. The van der Waals surface area contributed by atoms with E-state index >= 15 is 0 Å². The second-order valence-corrected chi connectivity index (χ2v) is 23.4. The Morgan fingerprint density at radius 3 is 1.08 bits per heavy atom. The molecule has 1 aliphatic rings. The number of terminal acetylenes is 2. The largest absolute Gasteiger partial charge is 0.481 e. The Hall–Kier alpha value is -11.2. The Morgan fingerprint density at radius 2 is 0.815 bits per heavy atom. The predicted octanol–water partition coefficient (Wildman–Crippen LogP) is 14.7. The molecule has 25 heteroatoms. The van der Waals surface area contributed by atoms with Crippen molar-refractivity contribution < 1.29 is 72.9 Å². The summed E-state index contributed by atoms with van der Waals surface area (Å²) in [4.78, 5) is 66.2. The van der Waals surface area contributed by atoms with Crippen molar-refractivity contribution in [2.45, 2.75) is 160 Å². The van der Waals surface area contributed by atoms with Gasteiger partial charge in [0.05, 0.1) is 66.0 Å². The van der Waals surface area contributed by atoms with Crippen LogP contribution in [0, 0.1) is 54.3 Å². The van der Waals surface area contributed by atoms with E-state index < -0.39 is 35.5 Å². The fraction of sp³-hybridized carbons (Fsp3) is 0.373. The summed E-state index contributed by atoms with van der Waals surface area (Å²) in [5.41, 5.74) is 7.70. The van der Waals surface area contributed by atoms with Crippen molar-refractivity contribution in [2.24, 2.45) is 29.6 Å². The molecule has 1 fully saturated rings. The average Bonchev–Trinajstić information content (AvgIpc) is 1.74. The van der Waals surface area contributed by atoms with Gasteiger partial charge in [-0.15, -0.1) is 34.9 Å². The van der Waals surface area contributed by atoms with Crippen molar-refractivity contribution in [3.8, 4) is 24.7 Å². The lowest BCUT2D eigenvalue weighted by Gasteiger charge is -2.10. The van der Waals surface area contributed by atoms with Crippen LogP contribution in [0.1, 0.15) is 146 Å². The minimum atomic E-state index is -0.831. The number of carbonyl (C=O) groups excluding carboxylic acids is 4. The zero-order valence-electron chi connectivity index (χ0n) is 62.8. The molecule has 108 heavy (non-hydrogen) atoms. The van der Waals surface area contributed by atoms with Gasteiger partial charge in [-0.25, -0.2) is 14.2 Å². The van der Waals surface area contributed by atoms with Crippen LogP contribution in [0.5, 0.6) is 0 Å². The monoisotopic (exact) mass is 1510 g/mol. The molecule has 10 rings (SSSR count). The second kappa shape index (κ2) is 61.0. The number of esters is 3. The topological polar surface area (TPSA) is 332 Å². The van der Waals surface area contributed by atoms with E-state index in [1.807, 2.05) is 236 Å². The number of aromatic nitrogens is 9. The Kier molecular flexibility index (Phi) is 54.7.